The number of carbonyl (C=O) groups excluding carboxylic acids is 1. The molecule has 4 rings (SSSR count). The average molecular weight is 398 g/mol. The van der Waals surface area contributed by atoms with E-state index in [0.29, 0.717) is 10.6 Å². The Morgan fingerprint density at radius 2 is 1.86 bits per heavy atom. The summed E-state index contributed by atoms with van der Waals surface area (Å²) < 4.78 is 1.07. The number of rotatable bonds is 5. The maximum Gasteiger partial charge on any atom is 0.255 e. The van der Waals surface area contributed by atoms with Gasteiger partial charge in [-0.3, -0.25) is 4.79 Å². The summed E-state index contributed by atoms with van der Waals surface area (Å²) in [4.78, 5) is 12.5. The fourth-order valence-corrected chi connectivity index (χ4v) is 5.46. The first kappa shape index (κ1) is 19.5. The van der Waals surface area contributed by atoms with E-state index in [1.165, 1.54) is 31.2 Å². The summed E-state index contributed by atoms with van der Waals surface area (Å²) in [5.41, 5.74) is 3.69. The Kier molecular flexibility index (Phi) is 5.24. The van der Waals surface area contributed by atoms with Gasteiger partial charge in [-0.05, 0) is 68.0 Å². The molecule has 4 heteroatoms. The quantitative estimate of drug-likeness (QED) is 0.647. The van der Waals surface area contributed by atoms with Gasteiger partial charge in [-0.1, -0.05) is 23.7 Å². The van der Waals surface area contributed by atoms with E-state index in [0.717, 1.165) is 40.2 Å². The van der Waals surface area contributed by atoms with Gasteiger partial charge >= 0.3 is 0 Å². The zero-order valence-electron chi connectivity index (χ0n) is 17.0. The van der Waals surface area contributed by atoms with Gasteiger partial charge in [-0.25, -0.2) is 0 Å². The molecule has 2 aliphatic rings. The lowest BCUT2D eigenvalue weighted by Crippen LogP contribution is -2.50. The van der Waals surface area contributed by atoms with E-state index in [-0.39, 0.29) is 5.91 Å². The highest BCUT2D eigenvalue weighted by Crippen LogP contribution is 2.48. The van der Waals surface area contributed by atoms with Gasteiger partial charge in [0.25, 0.3) is 5.91 Å². The van der Waals surface area contributed by atoms with Gasteiger partial charge in [-0.15, -0.1) is 0 Å². The van der Waals surface area contributed by atoms with E-state index in [1.54, 1.807) is 12.1 Å². The maximum absolute atomic E-state index is 12.5. The summed E-state index contributed by atoms with van der Waals surface area (Å²) in [5.74, 6) is 1.79. The third kappa shape index (κ3) is 3.97. The number of amides is 1. The Hall–Kier alpha value is -1.84. The summed E-state index contributed by atoms with van der Waals surface area (Å²) in [6, 6.07) is 14.5. The molecule has 1 amide bonds. The second-order valence-electron chi connectivity index (χ2n) is 9.29. The smallest absolute Gasteiger partial charge is 0.255 e. The van der Waals surface area contributed by atoms with E-state index in [9.17, 15) is 4.79 Å². The summed E-state index contributed by atoms with van der Waals surface area (Å²) in [5, 5.41) is 3.66. The molecule has 0 aliphatic heterocycles. The molecular weight excluding hydrogens is 368 g/mol. The summed E-state index contributed by atoms with van der Waals surface area (Å²) in [7, 11) is 4.76. The largest absolute Gasteiger partial charge is 0.322 e. The van der Waals surface area contributed by atoms with E-state index in [1.807, 2.05) is 25.1 Å². The minimum atomic E-state index is -0.106. The number of aryl methyl sites for hydroxylation is 1. The molecule has 28 heavy (non-hydrogen) atoms. The number of fused-ring (bicyclic) bond motifs is 2. The number of nitrogens with one attached hydrogen (secondary N) is 1. The van der Waals surface area contributed by atoms with Crippen LogP contribution in [0, 0.1) is 18.8 Å². The summed E-state index contributed by atoms with van der Waals surface area (Å²) in [6.45, 7) is 2.95. The van der Waals surface area contributed by atoms with Crippen molar-refractivity contribution in [2.75, 3.05) is 19.4 Å². The van der Waals surface area contributed by atoms with Gasteiger partial charge < -0.3 is 9.80 Å². The predicted octanol–water partition coefficient (Wildman–Crippen LogP) is 5.67. The molecule has 148 valence electrons. The van der Waals surface area contributed by atoms with Crippen molar-refractivity contribution >= 4 is 23.2 Å². The fraction of sp³-hybridized carbons (Fsp3) is 0.458. The second-order valence-corrected chi connectivity index (χ2v) is 9.70. The third-order valence-corrected chi connectivity index (χ3v) is 7.24. The van der Waals surface area contributed by atoms with Crippen molar-refractivity contribution in [3.05, 3.63) is 64.2 Å². The Bertz CT molecular complexity index is 875. The van der Waals surface area contributed by atoms with Gasteiger partial charge in [0.05, 0.1) is 20.1 Å². The van der Waals surface area contributed by atoms with E-state index >= 15 is 0 Å². The Balaban J connectivity index is 1.39. The van der Waals surface area contributed by atoms with Crippen molar-refractivity contribution in [2.24, 2.45) is 11.8 Å². The molecule has 2 saturated carbocycles. The summed E-state index contributed by atoms with van der Waals surface area (Å²) >= 11 is 6.05. The van der Waals surface area contributed by atoms with Crippen LogP contribution in [0.2, 0.25) is 5.02 Å². The van der Waals surface area contributed by atoms with E-state index < -0.39 is 0 Å². The Labute approximate surface area is 173 Å². The molecule has 0 spiro atoms. The minimum Gasteiger partial charge on any atom is -0.322 e. The van der Waals surface area contributed by atoms with Gasteiger partial charge in [0, 0.05) is 34.2 Å². The average Bonchev–Trinajstić information content (AvgIpc) is 3.29. The molecule has 3 unspecified atom stereocenters. The van der Waals surface area contributed by atoms with Crippen LogP contribution in [0.4, 0.5) is 5.69 Å². The SMILES string of the molecule is Cc1cc(C(=O)Nc2ccc(C[N+](C)(C)C3CC4CCC3C4)cc2)ccc1Cl. The number of nitrogens with zero attached hydrogens (tertiary/aromatic N) is 1. The highest BCUT2D eigenvalue weighted by molar-refractivity contribution is 6.31. The number of anilines is 1. The Morgan fingerprint density at radius 1 is 1.11 bits per heavy atom. The van der Waals surface area contributed by atoms with Gasteiger partial charge in [0.15, 0.2) is 0 Å². The van der Waals surface area contributed by atoms with Gasteiger partial charge in [0.2, 0.25) is 0 Å². The van der Waals surface area contributed by atoms with E-state index in [2.05, 4.69) is 31.5 Å². The van der Waals surface area contributed by atoms with Crippen molar-refractivity contribution in [2.45, 2.75) is 45.2 Å². The van der Waals surface area contributed by atoms with Crippen molar-refractivity contribution in [3.63, 3.8) is 0 Å². The molecule has 2 aromatic carbocycles. The van der Waals surface area contributed by atoms with Crippen molar-refractivity contribution < 1.29 is 9.28 Å². The number of benzene rings is 2. The molecular formula is C24H30ClN2O+. The second kappa shape index (κ2) is 7.53. The number of hydrogen-bond acceptors (Lipinski definition) is 1. The molecule has 3 atom stereocenters. The van der Waals surface area contributed by atoms with Gasteiger partial charge in [0.1, 0.15) is 6.54 Å². The fourth-order valence-electron chi connectivity index (χ4n) is 5.34. The van der Waals surface area contributed by atoms with Crippen LogP contribution in [-0.2, 0) is 6.54 Å². The number of hydrogen-bond donors (Lipinski definition) is 1. The standard InChI is InChI=1S/C24H29ClN2O/c1-16-12-20(8-11-22(16)25)24(28)26-21-9-5-17(6-10-21)15-27(2,3)23-14-18-4-7-19(23)13-18/h5-6,8-12,18-19,23H,4,7,13-15H2,1-3H3/p+1. The van der Waals surface area contributed by atoms with Crippen LogP contribution in [0.3, 0.4) is 0 Å². The molecule has 0 heterocycles. The molecule has 0 radical (unpaired) electrons. The van der Waals surface area contributed by atoms with Crippen molar-refractivity contribution in [3.8, 4) is 0 Å². The van der Waals surface area contributed by atoms with Gasteiger partial charge in [-0.2, -0.15) is 0 Å². The van der Waals surface area contributed by atoms with Crippen LogP contribution in [0.15, 0.2) is 42.5 Å². The molecule has 0 saturated heterocycles. The van der Waals surface area contributed by atoms with Crippen LogP contribution in [-0.4, -0.2) is 30.5 Å². The first-order valence-corrected chi connectivity index (χ1v) is 10.7. The first-order valence-electron chi connectivity index (χ1n) is 10.3. The topological polar surface area (TPSA) is 29.1 Å². The molecule has 0 aromatic heterocycles. The highest BCUT2D eigenvalue weighted by atomic mass is 35.5. The lowest BCUT2D eigenvalue weighted by atomic mass is 9.92. The molecule has 2 bridgehead atoms. The lowest BCUT2D eigenvalue weighted by Gasteiger charge is -2.40. The minimum absolute atomic E-state index is 0.106. The number of carbonyl (C=O) groups is 1. The number of halogens is 1. The normalized spacial score (nSPS) is 23.8. The predicted molar refractivity (Wildman–Crippen MR) is 116 cm³/mol. The highest BCUT2D eigenvalue weighted by Gasteiger charge is 2.47. The van der Waals surface area contributed by atoms with Crippen LogP contribution in [0.5, 0.6) is 0 Å². The Morgan fingerprint density at radius 3 is 2.46 bits per heavy atom. The lowest BCUT2D eigenvalue weighted by molar-refractivity contribution is -0.931. The van der Waals surface area contributed by atoms with Crippen LogP contribution >= 0.6 is 11.6 Å². The molecule has 2 fully saturated rings. The zero-order chi connectivity index (χ0) is 19.9. The van der Waals surface area contributed by atoms with Crippen molar-refractivity contribution in [1.82, 2.24) is 0 Å². The maximum atomic E-state index is 12.5. The number of quaternary nitrogens is 1. The van der Waals surface area contributed by atoms with Crippen LogP contribution in [0.25, 0.3) is 0 Å². The summed E-state index contributed by atoms with van der Waals surface area (Å²) in [6.07, 6.45) is 5.71. The molecule has 3 nitrogen and oxygen atoms in total. The zero-order valence-corrected chi connectivity index (χ0v) is 17.8. The monoisotopic (exact) mass is 397 g/mol. The molecule has 2 aliphatic carbocycles. The first-order chi connectivity index (χ1) is 13.3. The molecule has 2 aromatic rings. The van der Waals surface area contributed by atoms with Crippen molar-refractivity contribution in [1.29, 1.82) is 0 Å². The third-order valence-electron chi connectivity index (χ3n) is 6.82. The van der Waals surface area contributed by atoms with Crippen LogP contribution in [0.1, 0.15) is 47.2 Å². The molecule has 1 N–H and O–H groups in total. The van der Waals surface area contributed by atoms with Crippen LogP contribution < -0.4 is 5.32 Å². The van der Waals surface area contributed by atoms with E-state index in [4.69, 9.17) is 11.6 Å².